The fourth-order valence-electron chi connectivity index (χ4n) is 2.08. The summed E-state index contributed by atoms with van der Waals surface area (Å²) in [5, 5.41) is 7.07. The van der Waals surface area contributed by atoms with Crippen molar-refractivity contribution in [2.24, 2.45) is 11.8 Å². The van der Waals surface area contributed by atoms with Gasteiger partial charge in [-0.25, -0.2) is 0 Å². The Morgan fingerprint density at radius 1 is 1.47 bits per heavy atom. The molecule has 0 aromatic heterocycles. The number of ether oxygens (including phenoxy) is 1. The van der Waals surface area contributed by atoms with Crippen LogP contribution in [0.3, 0.4) is 0 Å². The molecule has 0 saturated carbocycles. The first-order chi connectivity index (χ1) is 7.24. The van der Waals surface area contributed by atoms with E-state index in [0.29, 0.717) is 12.0 Å². The molecule has 3 heteroatoms. The molecule has 2 N–H and O–H groups in total. The van der Waals surface area contributed by atoms with Crippen LogP contribution in [0, 0.1) is 11.8 Å². The Hall–Kier alpha value is -0.120. The summed E-state index contributed by atoms with van der Waals surface area (Å²) in [6.45, 7) is 8.80. The topological polar surface area (TPSA) is 33.3 Å². The standard InChI is InChI=1S/C12H26N2O/c1-10(2)12(9-15-3)14-8-11-5-4-6-13-7-11/h10-14H,4-9H2,1-3H3. The minimum atomic E-state index is 0.497. The molecule has 0 amide bonds. The number of hydrogen-bond acceptors (Lipinski definition) is 3. The van der Waals surface area contributed by atoms with Crippen LogP contribution in [0.2, 0.25) is 0 Å². The molecule has 1 heterocycles. The first kappa shape index (κ1) is 12.9. The van der Waals surface area contributed by atoms with E-state index >= 15 is 0 Å². The van der Waals surface area contributed by atoms with Gasteiger partial charge in [-0.2, -0.15) is 0 Å². The lowest BCUT2D eigenvalue weighted by Crippen LogP contribution is -2.43. The molecule has 0 bridgehead atoms. The molecule has 1 rings (SSSR count). The van der Waals surface area contributed by atoms with Gasteiger partial charge in [-0.3, -0.25) is 0 Å². The lowest BCUT2D eigenvalue weighted by molar-refractivity contribution is 0.143. The van der Waals surface area contributed by atoms with E-state index < -0.39 is 0 Å². The molecule has 2 unspecified atom stereocenters. The highest BCUT2D eigenvalue weighted by atomic mass is 16.5. The highest BCUT2D eigenvalue weighted by molar-refractivity contribution is 4.75. The third-order valence-electron chi connectivity index (χ3n) is 3.22. The number of nitrogens with one attached hydrogen (secondary N) is 2. The summed E-state index contributed by atoms with van der Waals surface area (Å²) >= 11 is 0. The van der Waals surface area contributed by atoms with Gasteiger partial charge in [0.1, 0.15) is 0 Å². The average molecular weight is 214 g/mol. The molecule has 1 aliphatic rings. The summed E-state index contributed by atoms with van der Waals surface area (Å²) in [6.07, 6.45) is 2.68. The van der Waals surface area contributed by atoms with Crippen molar-refractivity contribution in [2.75, 3.05) is 33.4 Å². The van der Waals surface area contributed by atoms with Crippen molar-refractivity contribution in [3.63, 3.8) is 0 Å². The Kier molecular flexibility index (Phi) is 6.22. The van der Waals surface area contributed by atoms with E-state index in [0.717, 1.165) is 19.1 Å². The van der Waals surface area contributed by atoms with Crippen LogP contribution < -0.4 is 10.6 Å². The first-order valence-electron chi connectivity index (χ1n) is 6.17. The molecule has 1 aliphatic heterocycles. The van der Waals surface area contributed by atoms with Crippen LogP contribution in [0.15, 0.2) is 0 Å². The van der Waals surface area contributed by atoms with Gasteiger partial charge in [-0.15, -0.1) is 0 Å². The summed E-state index contributed by atoms with van der Waals surface area (Å²) in [6, 6.07) is 0.497. The van der Waals surface area contributed by atoms with Gasteiger partial charge < -0.3 is 15.4 Å². The summed E-state index contributed by atoms with van der Waals surface area (Å²) in [5.41, 5.74) is 0. The molecule has 0 aromatic rings. The molecule has 0 aromatic carbocycles. The average Bonchev–Trinajstić information content (AvgIpc) is 2.25. The Labute approximate surface area is 94.0 Å². The van der Waals surface area contributed by atoms with Crippen LogP contribution in [0.4, 0.5) is 0 Å². The Morgan fingerprint density at radius 2 is 2.27 bits per heavy atom. The van der Waals surface area contributed by atoms with Crippen LogP contribution >= 0.6 is 0 Å². The second kappa shape index (κ2) is 7.20. The van der Waals surface area contributed by atoms with Crippen molar-refractivity contribution in [3.8, 4) is 0 Å². The Bertz CT molecular complexity index is 156. The van der Waals surface area contributed by atoms with Crippen molar-refractivity contribution >= 4 is 0 Å². The molecule has 1 saturated heterocycles. The molecule has 0 spiro atoms. The molecule has 1 fully saturated rings. The SMILES string of the molecule is COCC(NCC1CCCNC1)C(C)C. The zero-order valence-corrected chi connectivity index (χ0v) is 10.4. The summed E-state index contributed by atoms with van der Waals surface area (Å²) < 4.78 is 5.23. The van der Waals surface area contributed by atoms with Gasteiger partial charge in [0.25, 0.3) is 0 Å². The maximum atomic E-state index is 5.23. The van der Waals surface area contributed by atoms with E-state index in [4.69, 9.17) is 4.74 Å². The minimum Gasteiger partial charge on any atom is -0.383 e. The molecule has 3 nitrogen and oxygen atoms in total. The largest absolute Gasteiger partial charge is 0.383 e. The van der Waals surface area contributed by atoms with Crippen molar-refractivity contribution in [3.05, 3.63) is 0 Å². The van der Waals surface area contributed by atoms with Gasteiger partial charge in [0.05, 0.1) is 6.61 Å². The maximum Gasteiger partial charge on any atom is 0.0618 e. The smallest absolute Gasteiger partial charge is 0.0618 e. The van der Waals surface area contributed by atoms with E-state index in [1.54, 1.807) is 7.11 Å². The van der Waals surface area contributed by atoms with Crippen LogP contribution in [0.5, 0.6) is 0 Å². The normalized spacial score (nSPS) is 24.4. The summed E-state index contributed by atoms with van der Waals surface area (Å²) in [5.74, 6) is 1.44. The highest BCUT2D eigenvalue weighted by Gasteiger charge is 2.17. The van der Waals surface area contributed by atoms with E-state index in [2.05, 4.69) is 24.5 Å². The molecular weight excluding hydrogens is 188 g/mol. The molecule has 90 valence electrons. The van der Waals surface area contributed by atoms with Gasteiger partial charge in [0, 0.05) is 13.2 Å². The van der Waals surface area contributed by atoms with E-state index in [-0.39, 0.29) is 0 Å². The summed E-state index contributed by atoms with van der Waals surface area (Å²) in [4.78, 5) is 0. The number of hydrogen-bond donors (Lipinski definition) is 2. The van der Waals surface area contributed by atoms with E-state index in [1.165, 1.54) is 25.9 Å². The second-order valence-electron chi connectivity index (χ2n) is 4.93. The molecule has 2 atom stereocenters. The third kappa shape index (κ3) is 4.96. The predicted octanol–water partition coefficient (Wildman–Crippen LogP) is 1.25. The molecule has 15 heavy (non-hydrogen) atoms. The van der Waals surface area contributed by atoms with Crippen LogP contribution in [0.1, 0.15) is 26.7 Å². The van der Waals surface area contributed by atoms with Crippen molar-refractivity contribution in [1.29, 1.82) is 0 Å². The Balaban J connectivity index is 2.19. The predicted molar refractivity (Wildman–Crippen MR) is 64.1 cm³/mol. The number of piperidine rings is 1. The van der Waals surface area contributed by atoms with E-state index in [9.17, 15) is 0 Å². The number of rotatable bonds is 6. The van der Waals surface area contributed by atoms with Crippen LogP contribution in [-0.2, 0) is 4.74 Å². The highest BCUT2D eigenvalue weighted by Crippen LogP contribution is 2.10. The van der Waals surface area contributed by atoms with Crippen molar-refractivity contribution < 1.29 is 4.74 Å². The van der Waals surface area contributed by atoms with Crippen LogP contribution in [-0.4, -0.2) is 39.4 Å². The van der Waals surface area contributed by atoms with Gasteiger partial charge >= 0.3 is 0 Å². The van der Waals surface area contributed by atoms with E-state index in [1.807, 2.05) is 0 Å². The summed E-state index contributed by atoms with van der Waals surface area (Å²) in [7, 11) is 1.78. The first-order valence-corrected chi connectivity index (χ1v) is 6.17. The minimum absolute atomic E-state index is 0.497. The Morgan fingerprint density at radius 3 is 2.80 bits per heavy atom. The van der Waals surface area contributed by atoms with Gasteiger partial charge in [-0.05, 0) is 44.3 Å². The quantitative estimate of drug-likeness (QED) is 0.698. The fourth-order valence-corrected chi connectivity index (χ4v) is 2.08. The zero-order chi connectivity index (χ0) is 11.1. The number of methoxy groups -OCH3 is 1. The third-order valence-corrected chi connectivity index (χ3v) is 3.22. The second-order valence-corrected chi connectivity index (χ2v) is 4.93. The van der Waals surface area contributed by atoms with Gasteiger partial charge in [0.15, 0.2) is 0 Å². The molecule has 0 radical (unpaired) electrons. The zero-order valence-electron chi connectivity index (χ0n) is 10.4. The molecule has 0 aliphatic carbocycles. The van der Waals surface area contributed by atoms with Gasteiger partial charge in [0.2, 0.25) is 0 Å². The van der Waals surface area contributed by atoms with Crippen molar-refractivity contribution in [1.82, 2.24) is 10.6 Å². The van der Waals surface area contributed by atoms with Gasteiger partial charge in [-0.1, -0.05) is 13.8 Å². The fraction of sp³-hybridized carbons (Fsp3) is 1.00. The van der Waals surface area contributed by atoms with Crippen LogP contribution in [0.25, 0.3) is 0 Å². The molecular formula is C12H26N2O. The lowest BCUT2D eigenvalue weighted by atomic mass is 9.98. The van der Waals surface area contributed by atoms with Crippen molar-refractivity contribution in [2.45, 2.75) is 32.7 Å². The lowest BCUT2D eigenvalue weighted by Gasteiger charge is -2.27. The maximum absolute atomic E-state index is 5.23. The monoisotopic (exact) mass is 214 g/mol.